The van der Waals surface area contributed by atoms with Gasteiger partial charge in [-0.2, -0.15) is 0 Å². The molecule has 0 saturated heterocycles. The molecule has 1 saturated carbocycles. The molecule has 0 aliphatic heterocycles. The molecule has 2 N–H and O–H groups in total. The zero-order valence-corrected chi connectivity index (χ0v) is 15.3. The van der Waals surface area contributed by atoms with E-state index in [2.05, 4.69) is 6.92 Å². The molecule has 0 spiro atoms. The number of carboxylic acid groups (broad SMARTS) is 1. The van der Waals surface area contributed by atoms with Crippen LogP contribution in [0.5, 0.6) is 0 Å². The van der Waals surface area contributed by atoms with Gasteiger partial charge >= 0.3 is 5.97 Å². The molecule has 3 nitrogen and oxygen atoms in total. The molecule has 1 aromatic rings. The van der Waals surface area contributed by atoms with Gasteiger partial charge in [0.15, 0.2) is 0 Å². The van der Waals surface area contributed by atoms with E-state index in [0.717, 1.165) is 30.4 Å². The van der Waals surface area contributed by atoms with E-state index in [1.165, 1.54) is 24.6 Å². The third kappa shape index (κ3) is 2.99. The maximum absolute atomic E-state index is 10.9. The lowest BCUT2D eigenvalue weighted by molar-refractivity contribution is -0.133. The van der Waals surface area contributed by atoms with Gasteiger partial charge in [-0.15, -0.1) is 11.8 Å². The maximum Gasteiger partial charge on any atom is 0.313 e. The fourth-order valence-electron chi connectivity index (χ4n) is 4.14. The molecule has 6 heteroatoms. The minimum atomic E-state index is -0.890. The average molecular weight is 375 g/mol. The van der Waals surface area contributed by atoms with Crippen molar-refractivity contribution in [2.45, 2.75) is 50.0 Å². The second kappa shape index (κ2) is 6.47. The fourth-order valence-corrected chi connectivity index (χ4v) is 5.58. The first-order valence-electron chi connectivity index (χ1n) is 7.88. The third-order valence-electron chi connectivity index (χ3n) is 5.41. The Bertz CT molecular complexity index is 643. The quantitative estimate of drug-likeness (QED) is 0.731. The van der Waals surface area contributed by atoms with E-state index in [0.29, 0.717) is 20.9 Å². The van der Waals surface area contributed by atoms with Gasteiger partial charge in [-0.05, 0) is 36.8 Å². The predicted molar refractivity (Wildman–Crippen MR) is 93.6 cm³/mol. The normalized spacial score (nSPS) is 27.4. The first-order valence-corrected chi connectivity index (χ1v) is 9.62. The SMILES string of the molecule is CC1(C2CCCC2)Cc2cc(SCC(=O)O)c(Cl)c(Cl)c2C1O. The molecule has 23 heavy (non-hydrogen) atoms. The van der Waals surface area contributed by atoms with Crippen LogP contribution in [0.25, 0.3) is 0 Å². The lowest BCUT2D eigenvalue weighted by atomic mass is 9.72. The van der Waals surface area contributed by atoms with E-state index >= 15 is 0 Å². The number of hydrogen-bond donors (Lipinski definition) is 2. The number of fused-ring (bicyclic) bond motifs is 1. The summed E-state index contributed by atoms with van der Waals surface area (Å²) in [7, 11) is 0. The number of aliphatic hydroxyl groups excluding tert-OH is 1. The Morgan fingerprint density at radius 1 is 1.35 bits per heavy atom. The Morgan fingerprint density at radius 3 is 2.61 bits per heavy atom. The summed E-state index contributed by atoms with van der Waals surface area (Å²) in [5.74, 6) is -0.453. The van der Waals surface area contributed by atoms with Gasteiger partial charge in [-0.3, -0.25) is 4.79 Å². The first kappa shape index (κ1) is 17.4. The molecule has 2 atom stereocenters. The number of carbonyl (C=O) groups is 1. The zero-order chi connectivity index (χ0) is 16.8. The van der Waals surface area contributed by atoms with Crippen LogP contribution in [0, 0.1) is 11.3 Å². The standard InChI is InChI=1S/C17H20Cl2O3S/c1-17(10-4-2-3-5-10)7-9-6-11(23-8-12(20)21)14(18)15(19)13(9)16(17)22/h6,10,16,22H,2-5,7-8H2,1H3,(H,20,21). The Balaban J connectivity index is 1.96. The summed E-state index contributed by atoms with van der Waals surface area (Å²) < 4.78 is 0. The van der Waals surface area contributed by atoms with Crippen molar-refractivity contribution in [1.82, 2.24) is 0 Å². The van der Waals surface area contributed by atoms with Crippen molar-refractivity contribution in [3.8, 4) is 0 Å². The van der Waals surface area contributed by atoms with E-state index < -0.39 is 12.1 Å². The summed E-state index contributed by atoms with van der Waals surface area (Å²) >= 11 is 13.9. The van der Waals surface area contributed by atoms with Crippen molar-refractivity contribution in [1.29, 1.82) is 0 Å². The predicted octanol–water partition coefficient (Wildman–Crippen LogP) is 4.96. The minimum Gasteiger partial charge on any atom is -0.481 e. The van der Waals surface area contributed by atoms with Crippen LogP contribution in [0.3, 0.4) is 0 Å². The van der Waals surface area contributed by atoms with E-state index in [1.807, 2.05) is 6.07 Å². The summed E-state index contributed by atoms with van der Waals surface area (Å²) in [5.41, 5.74) is 1.54. The Hall–Kier alpha value is -0.420. The highest BCUT2D eigenvalue weighted by atomic mass is 35.5. The second-order valence-electron chi connectivity index (χ2n) is 6.82. The summed E-state index contributed by atoms with van der Waals surface area (Å²) in [5, 5.41) is 20.5. The van der Waals surface area contributed by atoms with Crippen molar-refractivity contribution in [2.24, 2.45) is 11.3 Å². The Morgan fingerprint density at radius 2 is 2.00 bits per heavy atom. The number of aliphatic hydroxyl groups is 1. The molecular weight excluding hydrogens is 355 g/mol. The number of aliphatic carboxylic acids is 1. The van der Waals surface area contributed by atoms with Crippen molar-refractivity contribution in [3.05, 3.63) is 27.2 Å². The van der Waals surface area contributed by atoms with E-state index in [9.17, 15) is 9.90 Å². The molecule has 2 aliphatic carbocycles. The van der Waals surface area contributed by atoms with Gasteiger partial charge in [-0.25, -0.2) is 0 Å². The van der Waals surface area contributed by atoms with E-state index in [-0.39, 0.29) is 11.2 Å². The third-order valence-corrected chi connectivity index (χ3v) is 7.42. The van der Waals surface area contributed by atoms with Gasteiger partial charge in [0.1, 0.15) is 0 Å². The number of halogens is 2. The van der Waals surface area contributed by atoms with Crippen LogP contribution < -0.4 is 0 Å². The molecule has 1 aromatic carbocycles. The van der Waals surface area contributed by atoms with Crippen molar-refractivity contribution >= 4 is 40.9 Å². The molecule has 0 aromatic heterocycles. The lowest BCUT2D eigenvalue weighted by Gasteiger charge is -2.35. The van der Waals surface area contributed by atoms with Gasteiger partial charge in [0.2, 0.25) is 0 Å². The van der Waals surface area contributed by atoms with Gasteiger partial charge in [0.05, 0.1) is 21.9 Å². The summed E-state index contributed by atoms with van der Waals surface area (Å²) in [6, 6.07) is 1.92. The van der Waals surface area contributed by atoms with E-state index in [4.69, 9.17) is 28.3 Å². The zero-order valence-electron chi connectivity index (χ0n) is 12.9. The van der Waals surface area contributed by atoms with Gasteiger partial charge < -0.3 is 10.2 Å². The van der Waals surface area contributed by atoms with Gasteiger partial charge in [0.25, 0.3) is 0 Å². The summed E-state index contributed by atoms with van der Waals surface area (Å²) in [6.07, 6.45) is 4.89. The smallest absolute Gasteiger partial charge is 0.313 e. The Kier molecular flexibility index (Phi) is 4.90. The number of benzene rings is 1. The average Bonchev–Trinajstić information content (AvgIpc) is 3.10. The van der Waals surface area contributed by atoms with E-state index in [1.54, 1.807) is 0 Å². The number of hydrogen-bond acceptors (Lipinski definition) is 3. The second-order valence-corrected chi connectivity index (χ2v) is 8.60. The molecule has 0 heterocycles. The molecular formula is C17H20Cl2O3S. The van der Waals surface area contributed by atoms with Crippen LogP contribution in [0.2, 0.25) is 10.0 Å². The van der Waals surface area contributed by atoms with Crippen molar-refractivity contribution in [3.63, 3.8) is 0 Å². The molecule has 0 radical (unpaired) electrons. The Labute approximate surface area is 150 Å². The minimum absolute atomic E-state index is 0.0583. The van der Waals surface area contributed by atoms with Crippen LogP contribution in [0.1, 0.15) is 49.8 Å². The van der Waals surface area contributed by atoms with Crippen LogP contribution in [0.15, 0.2) is 11.0 Å². The summed E-state index contributed by atoms with van der Waals surface area (Å²) in [4.78, 5) is 11.5. The highest BCUT2D eigenvalue weighted by molar-refractivity contribution is 8.00. The van der Waals surface area contributed by atoms with Crippen LogP contribution in [0.4, 0.5) is 0 Å². The molecule has 2 unspecified atom stereocenters. The number of thioether (sulfide) groups is 1. The monoisotopic (exact) mass is 374 g/mol. The topological polar surface area (TPSA) is 57.5 Å². The fraction of sp³-hybridized carbons (Fsp3) is 0.588. The van der Waals surface area contributed by atoms with Gasteiger partial charge in [0, 0.05) is 15.9 Å². The van der Waals surface area contributed by atoms with Crippen LogP contribution in [-0.4, -0.2) is 21.9 Å². The molecule has 0 bridgehead atoms. The maximum atomic E-state index is 10.9. The number of rotatable bonds is 4. The largest absolute Gasteiger partial charge is 0.481 e. The first-order chi connectivity index (χ1) is 10.8. The highest BCUT2D eigenvalue weighted by Gasteiger charge is 2.49. The summed E-state index contributed by atoms with van der Waals surface area (Å²) in [6.45, 7) is 2.14. The molecule has 2 aliphatic rings. The van der Waals surface area contributed by atoms with Crippen molar-refractivity contribution in [2.75, 3.05) is 5.75 Å². The molecule has 126 valence electrons. The highest BCUT2D eigenvalue weighted by Crippen LogP contribution is 2.57. The van der Waals surface area contributed by atoms with Crippen LogP contribution in [-0.2, 0) is 11.2 Å². The number of carboxylic acids is 1. The molecule has 3 rings (SSSR count). The van der Waals surface area contributed by atoms with Gasteiger partial charge in [-0.1, -0.05) is 43.0 Å². The molecule has 0 amide bonds. The van der Waals surface area contributed by atoms with Crippen LogP contribution >= 0.6 is 35.0 Å². The lowest BCUT2D eigenvalue weighted by Crippen LogP contribution is -2.30. The molecule has 1 fully saturated rings. The van der Waals surface area contributed by atoms with Crippen molar-refractivity contribution < 1.29 is 15.0 Å².